The predicted octanol–water partition coefficient (Wildman–Crippen LogP) is 4.69. The van der Waals surface area contributed by atoms with Crippen LogP contribution in [0, 0.1) is 0 Å². The van der Waals surface area contributed by atoms with Gasteiger partial charge in [-0.3, -0.25) is 4.79 Å². The molecule has 0 spiro atoms. The summed E-state index contributed by atoms with van der Waals surface area (Å²) in [5.41, 5.74) is 3.29. The summed E-state index contributed by atoms with van der Waals surface area (Å²) in [5, 5.41) is 15.3. The smallest absolute Gasteiger partial charge is 0.188 e. The summed E-state index contributed by atoms with van der Waals surface area (Å²) < 4.78 is 0. The Hall–Kier alpha value is -3.07. The molecule has 4 rings (SSSR count). The first-order valence-corrected chi connectivity index (χ1v) is 8.77. The number of fused-ring (bicyclic) bond motifs is 2. The molecule has 1 aliphatic heterocycles. The monoisotopic (exact) mass is 343 g/mol. The van der Waals surface area contributed by atoms with E-state index in [9.17, 15) is 9.90 Å². The van der Waals surface area contributed by atoms with E-state index in [-0.39, 0.29) is 17.1 Å². The van der Waals surface area contributed by atoms with Crippen molar-refractivity contribution in [1.82, 2.24) is 5.32 Å². The molecule has 0 fully saturated rings. The number of ketones is 1. The zero-order chi connectivity index (χ0) is 18.3. The molecule has 0 bridgehead atoms. The summed E-state index contributed by atoms with van der Waals surface area (Å²) in [4.78, 5) is 13.1. The fourth-order valence-electron chi connectivity index (χ4n) is 3.68. The van der Waals surface area contributed by atoms with Crippen LogP contribution in [0.5, 0.6) is 5.75 Å². The highest BCUT2D eigenvalue weighted by Gasteiger charge is 2.28. The summed E-state index contributed by atoms with van der Waals surface area (Å²) in [6.07, 6.45) is 2.49. The quantitative estimate of drug-likeness (QED) is 0.524. The average Bonchev–Trinajstić information content (AvgIpc) is 2.61. The Morgan fingerprint density at radius 3 is 2.69 bits per heavy atom. The first kappa shape index (κ1) is 16.4. The van der Waals surface area contributed by atoms with E-state index in [4.69, 9.17) is 0 Å². The topological polar surface area (TPSA) is 49.3 Å². The summed E-state index contributed by atoms with van der Waals surface area (Å²) in [6, 6.07) is 19.0. The van der Waals surface area contributed by atoms with Crippen molar-refractivity contribution in [3.05, 3.63) is 83.4 Å². The lowest BCUT2D eigenvalue weighted by molar-refractivity contribution is 0.104. The highest BCUT2D eigenvalue weighted by molar-refractivity contribution is 6.15. The predicted molar refractivity (Wildman–Crippen MR) is 105 cm³/mol. The van der Waals surface area contributed by atoms with Crippen molar-refractivity contribution in [3.8, 4) is 5.75 Å². The van der Waals surface area contributed by atoms with Gasteiger partial charge in [0.2, 0.25) is 0 Å². The van der Waals surface area contributed by atoms with Gasteiger partial charge < -0.3 is 10.4 Å². The van der Waals surface area contributed by atoms with Gasteiger partial charge in [0.05, 0.1) is 0 Å². The van der Waals surface area contributed by atoms with E-state index >= 15 is 0 Å². The van der Waals surface area contributed by atoms with Gasteiger partial charge in [0.25, 0.3) is 0 Å². The number of rotatable bonds is 2. The average molecular weight is 343 g/mol. The molecule has 130 valence electrons. The number of allylic oxidation sites excluding steroid dienone is 1. The van der Waals surface area contributed by atoms with Gasteiger partial charge in [-0.05, 0) is 48.7 Å². The van der Waals surface area contributed by atoms with E-state index in [0.717, 1.165) is 34.0 Å². The zero-order valence-corrected chi connectivity index (χ0v) is 14.9. The minimum atomic E-state index is -0.158. The van der Waals surface area contributed by atoms with Crippen LogP contribution in [0.3, 0.4) is 0 Å². The second-order valence-corrected chi connectivity index (χ2v) is 7.48. The second-order valence-electron chi connectivity index (χ2n) is 7.48. The van der Waals surface area contributed by atoms with Gasteiger partial charge in [-0.1, -0.05) is 48.5 Å². The Labute approximate surface area is 153 Å². The van der Waals surface area contributed by atoms with Crippen LogP contribution >= 0.6 is 0 Å². The number of carbonyl (C=O) groups excluding carboxylic acids is 1. The highest BCUT2D eigenvalue weighted by Crippen LogP contribution is 2.32. The summed E-state index contributed by atoms with van der Waals surface area (Å²) in [7, 11) is 0. The van der Waals surface area contributed by atoms with Crippen molar-refractivity contribution in [1.29, 1.82) is 0 Å². The van der Waals surface area contributed by atoms with E-state index in [2.05, 4.69) is 19.2 Å². The van der Waals surface area contributed by atoms with Crippen molar-refractivity contribution in [2.45, 2.75) is 25.8 Å². The van der Waals surface area contributed by atoms with Gasteiger partial charge in [-0.25, -0.2) is 0 Å². The van der Waals surface area contributed by atoms with Gasteiger partial charge in [0.1, 0.15) is 5.75 Å². The highest BCUT2D eigenvalue weighted by atomic mass is 16.3. The van der Waals surface area contributed by atoms with E-state index in [0.29, 0.717) is 5.56 Å². The van der Waals surface area contributed by atoms with Crippen molar-refractivity contribution >= 4 is 22.3 Å². The van der Waals surface area contributed by atoms with E-state index < -0.39 is 0 Å². The van der Waals surface area contributed by atoms with Crippen molar-refractivity contribution in [2.75, 3.05) is 0 Å². The van der Waals surface area contributed by atoms with Crippen LogP contribution in [0.2, 0.25) is 0 Å². The van der Waals surface area contributed by atoms with Gasteiger partial charge in [0, 0.05) is 28.4 Å². The van der Waals surface area contributed by atoms with Crippen LogP contribution in [0.1, 0.15) is 35.3 Å². The maximum Gasteiger partial charge on any atom is 0.188 e. The van der Waals surface area contributed by atoms with Gasteiger partial charge in [-0.15, -0.1) is 0 Å². The van der Waals surface area contributed by atoms with Crippen molar-refractivity contribution in [3.63, 3.8) is 0 Å². The van der Waals surface area contributed by atoms with Crippen molar-refractivity contribution < 1.29 is 9.90 Å². The molecular weight excluding hydrogens is 322 g/mol. The van der Waals surface area contributed by atoms with Crippen LogP contribution in [-0.2, 0) is 6.42 Å². The molecule has 26 heavy (non-hydrogen) atoms. The third kappa shape index (κ3) is 2.97. The van der Waals surface area contributed by atoms with Crippen LogP contribution in [0.4, 0.5) is 0 Å². The third-order valence-corrected chi connectivity index (χ3v) is 4.82. The Balaban J connectivity index is 1.83. The molecule has 3 aromatic rings. The van der Waals surface area contributed by atoms with E-state index in [1.165, 1.54) is 0 Å². The number of carbonyl (C=O) groups is 1. The van der Waals surface area contributed by atoms with Crippen LogP contribution in [-0.4, -0.2) is 16.4 Å². The molecule has 0 aliphatic carbocycles. The third-order valence-electron chi connectivity index (χ3n) is 4.82. The van der Waals surface area contributed by atoms with Crippen LogP contribution in [0.15, 0.2) is 66.7 Å². The summed E-state index contributed by atoms with van der Waals surface area (Å²) >= 11 is 0. The number of hydrogen-bond donors (Lipinski definition) is 2. The molecule has 0 atom stereocenters. The molecule has 0 saturated carbocycles. The first-order chi connectivity index (χ1) is 12.4. The number of phenols is 1. The maximum atomic E-state index is 13.1. The normalized spacial score (nSPS) is 16.9. The Kier molecular flexibility index (Phi) is 3.80. The minimum absolute atomic E-state index is 0.0451. The molecule has 3 heteroatoms. The number of phenolic OH excluding ortho intramolecular Hbond substituents is 1. The second kappa shape index (κ2) is 6.03. The molecule has 0 saturated heterocycles. The summed E-state index contributed by atoms with van der Waals surface area (Å²) in [6.45, 7) is 4.22. The number of hydrogen-bond acceptors (Lipinski definition) is 3. The molecule has 3 nitrogen and oxygen atoms in total. The SMILES string of the molecule is CC1(C)Cc2ccc(O)cc2/C(=C/C(=O)c2cccc3ccccc23)N1. The molecule has 0 aromatic heterocycles. The largest absolute Gasteiger partial charge is 0.508 e. The number of benzene rings is 3. The van der Waals surface area contributed by atoms with Gasteiger partial charge in [-0.2, -0.15) is 0 Å². The van der Waals surface area contributed by atoms with Gasteiger partial charge in [0.15, 0.2) is 5.78 Å². The summed E-state index contributed by atoms with van der Waals surface area (Å²) in [5.74, 6) is 0.157. The Bertz CT molecular complexity index is 1040. The number of nitrogens with one attached hydrogen (secondary N) is 1. The molecule has 0 unspecified atom stereocenters. The molecule has 1 heterocycles. The van der Waals surface area contributed by atoms with Crippen molar-refractivity contribution in [2.24, 2.45) is 0 Å². The lowest BCUT2D eigenvalue weighted by Gasteiger charge is -2.35. The lowest BCUT2D eigenvalue weighted by Crippen LogP contribution is -2.43. The van der Waals surface area contributed by atoms with Crippen LogP contribution < -0.4 is 5.32 Å². The fraction of sp³-hybridized carbons (Fsp3) is 0.174. The molecule has 1 aliphatic rings. The van der Waals surface area contributed by atoms with E-state index in [1.807, 2.05) is 48.5 Å². The molecule has 3 aromatic carbocycles. The minimum Gasteiger partial charge on any atom is -0.508 e. The molecular formula is C23H21NO2. The van der Waals surface area contributed by atoms with Gasteiger partial charge >= 0.3 is 0 Å². The molecule has 0 radical (unpaired) electrons. The molecule has 0 amide bonds. The first-order valence-electron chi connectivity index (χ1n) is 8.77. The standard InChI is InChI=1S/C23H21NO2/c1-23(2)14-16-10-11-17(25)12-20(16)21(24-23)13-22(26)19-9-5-7-15-6-3-4-8-18(15)19/h3-13,24-25H,14H2,1-2H3/b21-13-. The Morgan fingerprint density at radius 1 is 1.08 bits per heavy atom. The Morgan fingerprint density at radius 2 is 1.85 bits per heavy atom. The maximum absolute atomic E-state index is 13.1. The molecule has 2 N–H and O–H groups in total. The van der Waals surface area contributed by atoms with E-state index in [1.54, 1.807) is 18.2 Å². The van der Waals surface area contributed by atoms with Crippen LogP contribution in [0.25, 0.3) is 16.5 Å². The zero-order valence-electron chi connectivity index (χ0n) is 14.9. The lowest BCUT2D eigenvalue weighted by atomic mass is 9.85. The fourth-order valence-corrected chi connectivity index (χ4v) is 3.68. The number of aromatic hydroxyl groups is 1.